The lowest BCUT2D eigenvalue weighted by Gasteiger charge is -2.30. The van der Waals surface area contributed by atoms with Crippen molar-refractivity contribution >= 4 is 32.2 Å². The van der Waals surface area contributed by atoms with Gasteiger partial charge in [0, 0.05) is 12.5 Å². The van der Waals surface area contributed by atoms with Gasteiger partial charge in [0.2, 0.25) is 4.96 Å². The number of halogens is 1. The maximum atomic E-state index is 4.71. The van der Waals surface area contributed by atoms with Crippen LogP contribution in [0.3, 0.4) is 0 Å². The predicted octanol–water partition coefficient (Wildman–Crippen LogP) is 2.24. The van der Waals surface area contributed by atoms with Crippen LogP contribution >= 0.6 is 27.3 Å². The monoisotopic (exact) mass is 298 g/mol. The fourth-order valence-corrected chi connectivity index (χ4v) is 4.32. The van der Waals surface area contributed by atoms with Gasteiger partial charge < -0.3 is 0 Å². The van der Waals surface area contributed by atoms with Crippen LogP contribution in [0, 0.1) is 0 Å². The molecule has 4 rings (SSSR count). The molecule has 0 saturated carbocycles. The molecule has 2 atom stereocenters. The smallest absolute Gasteiger partial charge is 0.213 e. The molecule has 2 aliphatic heterocycles. The van der Waals surface area contributed by atoms with Crippen molar-refractivity contribution in [2.24, 2.45) is 0 Å². The van der Waals surface area contributed by atoms with Crippen LogP contribution in [0.4, 0.5) is 0 Å². The number of rotatable bonds is 0. The van der Waals surface area contributed by atoms with Crippen molar-refractivity contribution in [3.63, 3.8) is 0 Å². The van der Waals surface area contributed by atoms with Crippen molar-refractivity contribution in [3.8, 4) is 0 Å². The minimum atomic E-state index is 0.526. The molecule has 1 saturated heterocycles. The molecule has 2 bridgehead atoms. The van der Waals surface area contributed by atoms with Gasteiger partial charge in [0.15, 0.2) is 3.92 Å². The number of likely N-dealkylation sites (N-methyl/N-ethyl adjacent to an activating group) is 1. The largest absolute Gasteiger partial charge is 0.294 e. The Morgan fingerprint density at radius 2 is 2.31 bits per heavy atom. The number of nitrogens with zero attached hydrogens (tertiary/aromatic N) is 4. The number of hydrogen-bond donors (Lipinski definition) is 0. The lowest BCUT2D eigenvalue weighted by Crippen LogP contribution is -2.34. The van der Waals surface area contributed by atoms with Crippen LogP contribution in [0.15, 0.2) is 3.92 Å². The lowest BCUT2D eigenvalue weighted by molar-refractivity contribution is 0.217. The van der Waals surface area contributed by atoms with E-state index in [4.69, 9.17) is 4.98 Å². The first-order valence-corrected chi connectivity index (χ1v) is 7.11. The highest BCUT2D eigenvalue weighted by Gasteiger charge is 2.41. The summed E-state index contributed by atoms with van der Waals surface area (Å²) in [5.74, 6) is 0. The number of fused-ring (bicyclic) bond motifs is 6. The molecule has 4 nitrogen and oxygen atoms in total. The van der Waals surface area contributed by atoms with Crippen molar-refractivity contribution in [2.75, 3.05) is 7.05 Å². The van der Waals surface area contributed by atoms with Gasteiger partial charge in [-0.2, -0.15) is 0 Å². The van der Waals surface area contributed by atoms with Crippen LogP contribution in [0.2, 0.25) is 0 Å². The van der Waals surface area contributed by atoms with E-state index >= 15 is 0 Å². The molecule has 2 aromatic heterocycles. The minimum Gasteiger partial charge on any atom is -0.294 e. The molecule has 0 aromatic carbocycles. The number of hydrogen-bond acceptors (Lipinski definition) is 4. The van der Waals surface area contributed by atoms with Crippen LogP contribution in [0.25, 0.3) is 4.96 Å². The van der Waals surface area contributed by atoms with Gasteiger partial charge in [0.25, 0.3) is 0 Å². The van der Waals surface area contributed by atoms with Crippen molar-refractivity contribution in [1.82, 2.24) is 19.5 Å². The molecular weight excluding hydrogens is 288 g/mol. The van der Waals surface area contributed by atoms with Gasteiger partial charge in [-0.05, 0) is 35.8 Å². The standard InChI is InChI=1S/C10H11BrN4S/c1-14-5-2-3-7(14)8-6(4-5)12-10-15(8)13-9(11)16-10/h5,7H,2-4H2,1H3. The Kier molecular flexibility index (Phi) is 1.82. The molecular formula is C10H11BrN4S. The molecule has 2 unspecified atom stereocenters. The fourth-order valence-electron chi connectivity index (χ4n) is 3.08. The second kappa shape index (κ2) is 3.05. The van der Waals surface area contributed by atoms with E-state index in [1.54, 1.807) is 11.3 Å². The Hall–Kier alpha value is -0.460. The molecule has 0 N–H and O–H groups in total. The Balaban J connectivity index is 2.01. The van der Waals surface area contributed by atoms with Crippen LogP contribution in [-0.2, 0) is 6.42 Å². The first-order chi connectivity index (χ1) is 7.74. The molecule has 2 aromatic rings. The Morgan fingerprint density at radius 3 is 3.19 bits per heavy atom. The third kappa shape index (κ3) is 1.07. The van der Waals surface area contributed by atoms with E-state index in [-0.39, 0.29) is 0 Å². The van der Waals surface area contributed by atoms with E-state index in [2.05, 4.69) is 33.0 Å². The molecule has 6 heteroatoms. The zero-order valence-corrected chi connectivity index (χ0v) is 11.3. The predicted molar refractivity (Wildman–Crippen MR) is 65.8 cm³/mol. The van der Waals surface area contributed by atoms with Crippen molar-refractivity contribution < 1.29 is 0 Å². The zero-order chi connectivity index (χ0) is 10.9. The van der Waals surface area contributed by atoms with Crippen molar-refractivity contribution in [1.29, 1.82) is 0 Å². The summed E-state index contributed by atoms with van der Waals surface area (Å²) < 4.78 is 2.95. The first kappa shape index (κ1) is 9.56. The molecule has 0 spiro atoms. The molecule has 0 radical (unpaired) electrons. The van der Waals surface area contributed by atoms with Gasteiger partial charge in [-0.15, -0.1) is 5.10 Å². The summed E-state index contributed by atoms with van der Waals surface area (Å²) in [4.78, 5) is 8.23. The molecule has 1 fully saturated rings. The first-order valence-electron chi connectivity index (χ1n) is 5.50. The van der Waals surface area contributed by atoms with E-state index in [1.165, 1.54) is 24.2 Å². The summed E-state index contributed by atoms with van der Waals surface area (Å²) >= 11 is 5.05. The van der Waals surface area contributed by atoms with E-state index < -0.39 is 0 Å². The Bertz CT molecular complexity index is 575. The summed E-state index contributed by atoms with van der Waals surface area (Å²) in [5.41, 5.74) is 2.60. The Labute approximate surface area is 105 Å². The average Bonchev–Trinajstić information content (AvgIpc) is 2.80. The summed E-state index contributed by atoms with van der Waals surface area (Å²) in [7, 11) is 2.23. The second-order valence-electron chi connectivity index (χ2n) is 4.61. The summed E-state index contributed by atoms with van der Waals surface area (Å²) in [5, 5.41) is 4.50. The van der Waals surface area contributed by atoms with Crippen LogP contribution in [0.5, 0.6) is 0 Å². The van der Waals surface area contributed by atoms with Crippen LogP contribution < -0.4 is 0 Å². The van der Waals surface area contributed by atoms with E-state index in [9.17, 15) is 0 Å². The highest BCUT2D eigenvalue weighted by Crippen LogP contribution is 2.43. The molecule has 0 amide bonds. The second-order valence-corrected chi connectivity index (χ2v) is 6.84. The van der Waals surface area contributed by atoms with Crippen LogP contribution in [-0.4, -0.2) is 32.6 Å². The topological polar surface area (TPSA) is 33.4 Å². The number of aromatic nitrogens is 3. The minimum absolute atomic E-state index is 0.526. The molecule has 84 valence electrons. The molecule has 2 aliphatic rings. The van der Waals surface area contributed by atoms with E-state index in [1.807, 2.05) is 4.52 Å². The SMILES string of the molecule is CN1C2CCC1c1c(nc3sc(Br)nn13)C2. The highest BCUT2D eigenvalue weighted by molar-refractivity contribution is 9.11. The van der Waals surface area contributed by atoms with E-state index in [0.29, 0.717) is 12.1 Å². The van der Waals surface area contributed by atoms with E-state index in [0.717, 1.165) is 15.3 Å². The van der Waals surface area contributed by atoms with Gasteiger partial charge in [-0.3, -0.25) is 4.90 Å². The zero-order valence-electron chi connectivity index (χ0n) is 8.85. The summed E-state index contributed by atoms with van der Waals surface area (Å²) in [6.45, 7) is 0. The van der Waals surface area contributed by atoms with Gasteiger partial charge in [0.05, 0.1) is 17.4 Å². The maximum absolute atomic E-state index is 4.71. The molecule has 16 heavy (non-hydrogen) atoms. The lowest BCUT2D eigenvalue weighted by atomic mass is 10.0. The van der Waals surface area contributed by atoms with Crippen LogP contribution in [0.1, 0.15) is 30.3 Å². The van der Waals surface area contributed by atoms with Gasteiger partial charge >= 0.3 is 0 Å². The van der Waals surface area contributed by atoms with Gasteiger partial charge in [0.1, 0.15) is 0 Å². The number of imidazole rings is 1. The molecule has 4 heterocycles. The molecule has 0 aliphatic carbocycles. The summed E-state index contributed by atoms with van der Waals surface area (Å²) in [6, 6.07) is 1.23. The third-order valence-electron chi connectivity index (χ3n) is 3.88. The third-order valence-corrected chi connectivity index (χ3v) is 5.22. The van der Waals surface area contributed by atoms with Gasteiger partial charge in [-0.1, -0.05) is 11.3 Å². The average molecular weight is 299 g/mol. The summed E-state index contributed by atoms with van der Waals surface area (Å²) in [6.07, 6.45) is 3.64. The quantitative estimate of drug-likeness (QED) is 0.748. The van der Waals surface area contributed by atoms with Crippen molar-refractivity contribution in [2.45, 2.75) is 31.3 Å². The van der Waals surface area contributed by atoms with Gasteiger partial charge in [-0.25, -0.2) is 9.50 Å². The van der Waals surface area contributed by atoms with Crippen molar-refractivity contribution in [3.05, 3.63) is 15.3 Å². The highest BCUT2D eigenvalue weighted by atomic mass is 79.9. The Morgan fingerprint density at radius 1 is 1.44 bits per heavy atom. The maximum Gasteiger partial charge on any atom is 0.213 e. The normalized spacial score (nSPS) is 28.9. The fraction of sp³-hybridized carbons (Fsp3) is 0.600.